The molecule has 2 atom stereocenters. The number of hydrogen-bond acceptors (Lipinski definition) is 4. The van der Waals surface area contributed by atoms with E-state index in [9.17, 15) is 8.42 Å². The van der Waals surface area contributed by atoms with Crippen LogP contribution < -0.4 is 10.5 Å². The van der Waals surface area contributed by atoms with Crippen molar-refractivity contribution < 1.29 is 12.8 Å². The fourth-order valence-electron chi connectivity index (χ4n) is 2.54. The van der Waals surface area contributed by atoms with Gasteiger partial charge in [0, 0.05) is 25.6 Å². The lowest BCUT2D eigenvalue weighted by atomic mass is 10.0. The monoisotopic (exact) mass is 301 g/mol. The predicted molar refractivity (Wildman–Crippen MR) is 77.3 cm³/mol. The van der Waals surface area contributed by atoms with Crippen LogP contribution >= 0.6 is 0 Å². The number of piperidine rings is 1. The lowest BCUT2D eigenvalue weighted by molar-refractivity contribution is 0.267. The van der Waals surface area contributed by atoms with E-state index in [0.29, 0.717) is 26.1 Å². The molecule has 20 heavy (non-hydrogen) atoms. The maximum atomic E-state index is 12.3. The van der Waals surface area contributed by atoms with Crippen molar-refractivity contribution in [3.8, 4) is 0 Å². The SMILES string of the molecule is CC(Cc1ccco1)NS(=O)(=O)N1CCCC(CN)C1. The van der Waals surface area contributed by atoms with Crippen LogP contribution in [0.5, 0.6) is 0 Å². The molecule has 2 unspecified atom stereocenters. The van der Waals surface area contributed by atoms with E-state index in [2.05, 4.69) is 4.72 Å². The number of nitrogens with two attached hydrogens (primary N) is 1. The van der Waals surface area contributed by atoms with Gasteiger partial charge in [0.05, 0.1) is 6.26 Å². The summed E-state index contributed by atoms with van der Waals surface area (Å²) in [4.78, 5) is 0. The highest BCUT2D eigenvalue weighted by atomic mass is 32.2. The van der Waals surface area contributed by atoms with Gasteiger partial charge in [-0.25, -0.2) is 0 Å². The molecule has 1 aromatic rings. The number of rotatable bonds is 6. The Morgan fingerprint density at radius 3 is 3.05 bits per heavy atom. The molecule has 0 radical (unpaired) electrons. The summed E-state index contributed by atoms with van der Waals surface area (Å²) in [6.45, 7) is 3.46. The van der Waals surface area contributed by atoms with E-state index in [-0.39, 0.29) is 12.0 Å². The third kappa shape index (κ3) is 4.05. The molecule has 3 N–H and O–H groups in total. The van der Waals surface area contributed by atoms with Gasteiger partial charge >= 0.3 is 0 Å². The molecule has 0 saturated carbocycles. The van der Waals surface area contributed by atoms with E-state index in [0.717, 1.165) is 18.6 Å². The molecule has 114 valence electrons. The Kier molecular flexibility index (Phi) is 5.20. The van der Waals surface area contributed by atoms with Gasteiger partial charge < -0.3 is 10.2 Å². The highest BCUT2D eigenvalue weighted by molar-refractivity contribution is 7.87. The van der Waals surface area contributed by atoms with Crippen molar-refractivity contribution in [3.05, 3.63) is 24.2 Å². The first-order valence-corrected chi connectivity index (χ1v) is 8.45. The normalized spacial score (nSPS) is 22.8. The topological polar surface area (TPSA) is 88.6 Å². The highest BCUT2D eigenvalue weighted by Gasteiger charge is 2.29. The molecule has 6 nitrogen and oxygen atoms in total. The summed E-state index contributed by atoms with van der Waals surface area (Å²) in [5, 5.41) is 0. The Bertz CT molecular complexity index is 501. The smallest absolute Gasteiger partial charge is 0.279 e. The standard InChI is InChI=1S/C13H23N3O3S/c1-11(8-13-5-3-7-19-13)15-20(17,18)16-6-2-4-12(9-14)10-16/h3,5,7,11-12,15H,2,4,6,8-10,14H2,1H3. The van der Waals surface area contributed by atoms with Gasteiger partial charge in [-0.2, -0.15) is 17.4 Å². The first kappa shape index (κ1) is 15.5. The van der Waals surface area contributed by atoms with Crippen molar-refractivity contribution in [1.29, 1.82) is 0 Å². The largest absolute Gasteiger partial charge is 0.469 e. The summed E-state index contributed by atoms with van der Waals surface area (Å²) in [5.74, 6) is 1.04. The Morgan fingerprint density at radius 2 is 2.40 bits per heavy atom. The summed E-state index contributed by atoms with van der Waals surface area (Å²) in [7, 11) is -3.44. The maximum Gasteiger partial charge on any atom is 0.279 e. The minimum absolute atomic E-state index is 0.204. The zero-order valence-electron chi connectivity index (χ0n) is 11.8. The number of hydrogen-bond donors (Lipinski definition) is 2. The molecule has 0 aliphatic carbocycles. The third-order valence-electron chi connectivity index (χ3n) is 3.59. The van der Waals surface area contributed by atoms with E-state index in [1.807, 2.05) is 13.0 Å². The minimum Gasteiger partial charge on any atom is -0.469 e. The molecule has 7 heteroatoms. The van der Waals surface area contributed by atoms with Crippen LogP contribution in [-0.2, 0) is 16.6 Å². The molecule has 2 heterocycles. The Labute approximate surface area is 120 Å². The summed E-state index contributed by atoms with van der Waals surface area (Å²) < 4.78 is 34.1. The van der Waals surface area contributed by atoms with Crippen LogP contribution in [0.4, 0.5) is 0 Å². The van der Waals surface area contributed by atoms with Crippen LogP contribution in [0.3, 0.4) is 0 Å². The van der Waals surface area contributed by atoms with Crippen LogP contribution in [0.1, 0.15) is 25.5 Å². The van der Waals surface area contributed by atoms with Crippen LogP contribution in [0, 0.1) is 5.92 Å². The maximum absolute atomic E-state index is 12.3. The molecular weight excluding hydrogens is 278 g/mol. The first-order valence-electron chi connectivity index (χ1n) is 7.01. The average Bonchev–Trinajstić information content (AvgIpc) is 2.91. The van der Waals surface area contributed by atoms with Gasteiger partial charge in [0.15, 0.2) is 0 Å². The van der Waals surface area contributed by atoms with Crippen molar-refractivity contribution >= 4 is 10.2 Å². The second-order valence-electron chi connectivity index (χ2n) is 5.41. The zero-order valence-corrected chi connectivity index (χ0v) is 12.6. The van der Waals surface area contributed by atoms with E-state index in [1.54, 1.807) is 12.3 Å². The number of nitrogens with one attached hydrogen (secondary N) is 1. The predicted octanol–water partition coefficient (Wildman–Crippen LogP) is 0.716. The van der Waals surface area contributed by atoms with Gasteiger partial charge in [-0.05, 0) is 44.4 Å². The van der Waals surface area contributed by atoms with Crippen molar-refractivity contribution in [2.45, 2.75) is 32.2 Å². The molecule has 1 aliphatic rings. The number of nitrogens with zero attached hydrogens (tertiary/aromatic N) is 1. The van der Waals surface area contributed by atoms with Gasteiger partial charge in [0.2, 0.25) is 0 Å². The van der Waals surface area contributed by atoms with Crippen LogP contribution in [0.25, 0.3) is 0 Å². The van der Waals surface area contributed by atoms with Gasteiger partial charge in [0.1, 0.15) is 5.76 Å². The molecule has 1 aromatic heterocycles. The summed E-state index contributed by atoms with van der Waals surface area (Å²) in [6.07, 6.45) is 4.01. The van der Waals surface area contributed by atoms with Gasteiger partial charge in [0.25, 0.3) is 10.2 Å². The van der Waals surface area contributed by atoms with Gasteiger partial charge in [-0.1, -0.05) is 0 Å². The quantitative estimate of drug-likeness (QED) is 0.810. The lowest BCUT2D eigenvalue weighted by Crippen LogP contribution is -2.49. The molecule has 0 spiro atoms. The molecule has 2 rings (SSSR count). The first-order chi connectivity index (χ1) is 9.51. The third-order valence-corrected chi connectivity index (χ3v) is 5.30. The Balaban J connectivity index is 1.92. The Morgan fingerprint density at radius 1 is 1.60 bits per heavy atom. The minimum atomic E-state index is -3.44. The second kappa shape index (κ2) is 6.71. The lowest BCUT2D eigenvalue weighted by Gasteiger charge is -2.32. The van der Waals surface area contributed by atoms with Gasteiger partial charge in [-0.3, -0.25) is 0 Å². The number of furan rings is 1. The van der Waals surface area contributed by atoms with Crippen molar-refractivity contribution in [2.75, 3.05) is 19.6 Å². The van der Waals surface area contributed by atoms with Crippen molar-refractivity contribution in [3.63, 3.8) is 0 Å². The summed E-state index contributed by atoms with van der Waals surface area (Å²) >= 11 is 0. The van der Waals surface area contributed by atoms with E-state index in [4.69, 9.17) is 10.2 Å². The molecule has 1 fully saturated rings. The van der Waals surface area contributed by atoms with E-state index < -0.39 is 10.2 Å². The van der Waals surface area contributed by atoms with Gasteiger partial charge in [-0.15, -0.1) is 0 Å². The fourth-order valence-corrected chi connectivity index (χ4v) is 4.06. The Hall–Kier alpha value is -0.890. The van der Waals surface area contributed by atoms with Crippen LogP contribution in [-0.4, -0.2) is 38.4 Å². The van der Waals surface area contributed by atoms with Crippen LogP contribution in [0.15, 0.2) is 22.8 Å². The fraction of sp³-hybridized carbons (Fsp3) is 0.692. The van der Waals surface area contributed by atoms with Crippen molar-refractivity contribution in [1.82, 2.24) is 9.03 Å². The van der Waals surface area contributed by atoms with Crippen molar-refractivity contribution in [2.24, 2.45) is 11.7 Å². The average molecular weight is 301 g/mol. The highest BCUT2D eigenvalue weighted by Crippen LogP contribution is 2.18. The van der Waals surface area contributed by atoms with E-state index in [1.165, 1.54) is 4.31 Å². The molecule has 0 bridgehead atoms. The summed E-state index contributed by atoms with van der Waals surface area (Å²) in [6, 6.07) is 3.44. The molecule has 0 amide bonds. The molecular formula is C13H23N3O3S. The van der Waals surface area contributed by atoms with E-state index >= 15 is 0 Å². The molecule has 1 saturated heterocycles. The summed E-state index contributed by atoms with van der Waals surface area (Å²) in [5.41, 5.74) is 5.65. The molecule has 1 aliphatic heterocycles. The second-order valence-corrected chi connectivity index (χ2v) is 7.11. The molecule has 0 aromatic carbocycles. The van der Waals surface area contributed by atoms with Crippen LogP contribution in [0.2, 0.25) is 0 Å². The zero-order chi connectivity index (χ0) is 14.6.